The zero-order chi connectivity index (χ0) is 14.7. The van der Waals surface area contributed by atoms with Gasteiger partial charge in [-0.25, -0.2) is 4.98 Å². The molecule has 0 spiro atoms. The lowest BCUT2D eigenvalue weighted by Gasteiger charge is -2.20. The van der Waals surface area contributed by atoms with Crippen molar-refractivity contribution in [2.24, 2.45) is 0 Å². The van der Waals surface area contributed by atoms with Crippen molar-refractivity contribution in [3.05, 3.63) is 39.8 Å². The zero-order valence-electron chi connectivity index (χ0n) is 11.9. The Bertz CT molecular complexity index is 563. The topological polar surface area (TPSA) is 65.4 Å². The highest BCUT2D eigenvalue weighted by Crippen LogP contribution is 2.33. The van der Waals surface area contributed by atoms with Gasteiger partial charge in [-0.3, -0.25) is 0 Å². The van der Waals surface area contributed by atoms with Crippen LogP contribution in [-0.4, -0.2) is 15.2 Å². The van der Waals surface area contributed by atoms with Crippen molar-refractivity contribution in [3.8, 4) is 11.5 Å². The maximum absolute atomic E-state index is 9.87. The van der Waals surface area contributed by atoms with Crippen LogP contribution in [0.2, 0.25) is 0 Å². The summed E-state index contributed by atoms with van der Waals surface area (Å²) in [7, 11) is 0. The van der Waals surface area contributed by atoms with E-state index in [0.717, 1.165) is 11.4 Å². The van der Waals surface area contributed by atoms with Crippen LogP contribution >= 0.6 is 11.3 Å². The van der Waals surface area contributed by atoms with Crippen LogP contribution in [0.3, 0.4) is 0 Å². The summed E-state index contributed by atoms with van der Waals surface area (Å²) in [6, 6.07) is 4.68. The van der Waals surface area contributed by atoms with Crippen LogP contribution in [0.4, 0.5) is 0 Å². The first kappa shape index (κ1) is 14.8. The fraction of sp³-hybridized carbons (Fsp3) is 0.400. The molecule has 3 N–H and O–H groups in total. The van der Waals surface area contributed by atoms with Gasteiger partial charge in [0.2, 0.25) is 0 Å². The number of aryl methyl sites for hydroxylation is 1. The Morgan fingerprint density at radius 2 is 1.85 bits per heavy atom. The van der Waals surface area contributed by atoms with Gasteiger partial charge in [0, 0.05) is 17.1 Å². The quantitative estimate of drug-likeness (QED) is 0.789. The number of nitrogens with zero attached hydrogens (tertiary/aromatic N) is 1. The molecule has 20 heavy (non-hydrogen) atoms. The first-order chi connectivity index (χ1) is 9.52. The van der Waals surface area contributed by atoms with Crippen LogP contribution in [-0.2, 0) is 6.42 Å². The van der Waals surface area contributed by atoms with Crippen LogP contribution in [0.1, 0.15) is 48.3 Å². The van der Waals surface area contributed by atoms with E-state index in [1.807, 2.05) is 20.0 Å². The molecule has 1 aromatic carbocycles. The number of phenolic OH excluding ortho intramolecular Hbond substituents is 2. The normalized spacial score (nSPS) is 14.2. The summed E-state index contributed by atoms with van der Waals surface area (Å²) >= 11 is 1.69. The summed E-state index contributed by atoms with van der Waals surface area (Å²) in [6.45, 7) is 6.06. The van der Waals surface area contributed by atoms with E-state index in [4.69, 9.17) is 0 Å². The number of hydrogen-bond donors (Lipinski definition) is 3. The molecule has 0 radical (unpaired) electrons. The van der Waals surface area contributed by atoms with Crippen LogP contribution < -0.4 is 5.32 Å². The van der Waals surface area contributed by atoms with Gasteiger partial charge in [0.05, 0.1) is 11.6 Å². The Balaban J connectivity index is 2.12. The smallest absolute Gasteiger partial charge is 0.124 e. The molecule has 1 heterocycles. The highest BCUT2D eigenvalue weighted by molar-refractivity contribution is 7.11. The molecule has 2 aromatic rings. The van der Waals surface area contributed by atoms with Gasteiger partial charge in [0.25, 0.3) is 0 Å². The van der Waals surface area contributed by atoms with E-state index >= 15 is 0 Å². The molecule has 0 aliphatic carbocycles. The highest BCUT2D eigenvalue weighted by Gasteiger charge is 2.19. The molecular formula is C15H20N2O2S. The van der Waals surface area contributed by atoms with Gasteiger partial charge in [-0.2, -0.15) is 0 Å². The number of thiazole rings is 1. The van der Waals surface area contributed by atoms with E-state index in [0.29, 0.717) is 5.56 Å². The average Bonchev–Trinajstić information content (AvgIpc) is 2.87. The summed E-state index contributed by atoms with van der Waals surface area (Å²) < 4.78 is 0. The van der Waals surface area contributed by atoms with E-state index in [1.165, 1.54) is 4.88 Å². The van der Waals surface area contributed by atoms with Gasteiger partial charge in [-0.15, -0.1) is 11.3 Å². The lowest BCUT2D eigenvalue weighted by atomic mass is 10.1. The molecule has 108 valence electrons. The Labute approximate surface area is 123 Å². The fourth-order valence-electron chi connectivity index (χ4n) is 2.20. The molecule has 0 bridgehead atoms. The van der Waals surface area contributed by atoms with Crippen molar-refractivity contribution >= 4 is 11.3 Å². The number of rotatable bonds is 5. The SMILES string of the molecule is CCc1cnc(C(C)NC(C)c2c(O)cccc2O)s1. The molecule has 2 atom stereocenters. The molecule has 4 nitrogen and oxygen atoms in total. The molecule has 0 saturated heterocycles. The van der Waals surface area contributed by atoms with Gasteiger partial charge < -0.3 is 15.5 Å². The van der Waals surface area contributed by atoms with Crippen LogP contribution in [0, 0.1) is 0 Å². The van der Waals surface area contributed by atoms with E-state index < -0.39 is 0 Å². The molecular weight excluding hydrogens is 272 g/mol. The lowest BCUT2D eigenvalue weighted by molar-refractivity contribution is 0.407. The number of nitrogens with one attached hydrogen (secondary N) is 1. The van der Waals surface area contributed by atoms with E-state index in [-0.39, 0.29) is 23.6 Å². The van der Waals surface area contributed by atoms with Gasteiger partial charge in [0.1, 0.15) is 16.5 Å². The number of aromatic hydroxyl groups is 2. The standard InChI is InChI=1S/C15H20N2O2S/c1-4-11-8-16-15(20-11)10(3)17-9(2)14-12(18)6-5-7-13(14)19/h5-10,17-19H,4H2,1-3H3. The third kappa shape index (κ3) is 3.11. The first-order valence-electron chi connectivity index (χ1n) is 6.74. The van der Waals surface area contributed by atoms with Crippen LogP contribution in [0.25, 0.3) is 0 Å². The van der Waals surface area contributed by atoms with Gasteiger partial charge in [0.15, 0.2) is 0 Å². The highest BCUT2D eigenvalue weighted by atomic mass is 32.1. The Morgan fingerprint density at radius 3 is 2.40 bits per heavy atom. The van der Waals surface area contributed by atoms with Crippen molar-refractivity contribution in [1.29, 1.82) is 0 Å². The average molecular weight is 292 g/mol. The third-order valence-electron chi connectivity index (χ3n) is 3.28. The fourth-order valence-corrected chi connectivity index (χ4v) is 3.07. The minimum atomic E-state index is -0.167. The number of aromatic nitrogens is 1. The predicted molar refractivity (Wildman–Crippen MR) is 81.2 cm³/mol. The second-order valence-corrected chi connectivity index (χ2v) is 5.99. The second-order valence-electron chi connectivity index (χ2n) is 4.84. The molecule has 0 amide bonds. The van der Waals surface area contributed by atoms with Crippen molar-refractivity contribution in [1.82, 2.24) is 10.3 Å². The van der Waals surface area contributed by atoms with Gasteiger partial charge in [-0.1, -0.05) is 13.0 Å². The molecule has 2 unspecified atom stereocenters. The predicted octanol–water partition coefficient (Wildman–Crippen LogP) is 3.53. The minimum Gasteiger partial charge on any atom is -0.507 e. The molecule has 5 heteroatoms. The van der Waals surface area contributed by atoms with E-state index in [9.17, 15) is 10.2 Å². The largest absolute Gasteiger partial charge is 0.507 e. The summed E-state index contributed by atoms with van der Waals surface area (Å²) in [5, 5.41) is 24.1. The van der Waals surface area contributed by atoms with Crippen molar-refractivity contribution in [2.45, 2.75) is 39.3 Å². The summed E-state index contributed by atoms with van der Waals surface area (Å²) in [6.07, 6.45) is 2.89. The summed E-state index contributed by atoms with van der Waals surface area (Å²) in [4.78, 5) is 5.67. The summed E-state index contributed by atoms with van der Waals surface area (Å²) in [5.41, 5.74) is 0.520. The third-order valence-corrected chi connectivity index (χ3v) is 4.61. The summed E-state index contributed by atoms with van der Waals surface area (Å²) in [5.74, 6) is 0.205. The lowest BCUT2D eigenvalue weighted by Crippen LogP contribution is -2.22. The molecule has 2 rings (SSSR count). The Hall–Kier alpha value is -1.59. The van der Waals surface area contributed by atoms with Crippen molar-refractivity contribution in [2.75, 3.05) is 0 Å². The molecule has 0 aliphatic heterocycles. The Kier molecular flexibility index (Phi) is 4.62. The van der Waals surface area contributed by atoms with Crippen LogP contribution in [0.5, 0.6) is 11.5 Å². The molecule has 0 saturated carbocycles. The number of benzene rings is 1. The van der Waals surface area contributed by atoms with Gasteiger partial charge in [-0.05, 0) is 32.4 Å². The van der Waals surface area contributed by atoms with Crippen molar-refractivity contribution < 1.29 is 10.2 Å². The van der Waals surface area contributed by atoms with E-state index in [2.05, 4.69) is 17.2 Å². The molecule has 0 fully saturated rings. The van der Waals surface area contributed by atoms with Gasteiger partial charge >= 0.3 is 0 Å². The molecule has 0 aliphatic rings. The minimum absolute atomic E-state index is 0.0642. The van der Waals surface area contributed by atoms with E-state index in [1.54, 1.807) is 29.5 Å². The maximum Gasteiger partial charge on any atom is 0.124 e. The number of phenols is 2. The number of hydrogen-bond acceptors (Lipinski definition) is 5. The van der Waals surface area contributed by atoms with Crippen LogP contribution in [0.15, 0.2) is 24.4 Å². The second kappa shape index (κ2) is 6.24. The van der Waals surface area contributed by atoms with Crippen molar-refractivity contribution in [3.63, 3.8) is 0 Å². The zero-order valence-corrected chi connectivity index (χ0v) is 12.7. The monoisotopic (exact) mass is 292 g/mol. The first-order valence-corrected chi connectivity index (χ1v) is 7.56. The maximum atomic E-state index is 9.87. The molecule has 1 aromatic heterocycles. The Morgan fingerprint density at radius 1 is 1.20 bits per heavy atom.